The Kier molecular flexibility index (Phi) is 5.75. The number of hydrogen-bond acceptors (Lipinski definition) is 4. The summed E-state index contributed by atoms with van der Waals surface area (Å²) in [6, 6.07) is 5.38. The SMILES string of the molecule is CC(C)CCC(=O)N1Cc2ccnn2C(CC(=O)NCc2ccco2)C1. The molecule has 0 spiro atoms. The maximum absolute atomic E-state index is 12.5. The van der Waals surface area contributed by atoms with Crippen LogP contribution in [0.3, 0.4) is 0 Å². The normalized spacial score (nSPS) is 16.6. The maximum atomic E-state index is 12.5. The molecule has 2 amide bonds. The molecule has 0 radical (unpaired) electrons. The molecule has 0 fully saturated rings. The van der Waals surface area contributed by atoms with Crippen LogP contribution in [0.4, 0.5) is 0 Å². The van der Waals surface area contributed by atoms with E-state index in [0.717, 1.165) is 12.1 Å². The highest BCUT2D eigenvalue weighted by Gasteiger charge is 2.29. The predicted molar refractivity (Wildman–Crippen MR) is 95.9 cm³/mol. The van der Waals surface area contributed by atoms with Crippen LogP contribution >= 0.6 is 0 Å². The van der Waals surface area contributed by atoms with Crippen LogP contribution in [-0.4, -0.2) is 33.0 Å². The van der Waals surface area contributed by atoms with Gasteiger partial charge in [-0.2, -0.15) is 5.10 Å². The van der Waals surface area contributed by atoms with Gasteiger partial charge in [0, 0.05) is 19.2 Å². The summed E-state index contributed by atoms with van der Waals surface area (Å²) in [7, 11) is 0. The zero-order valence-corrected chi connectivity index (χ0v) is 15.4. The van der Waals surface area contributed by atoms with Crippen LogP contribution in [0, 0.1) is 5.92 Å². The average Bonchev–Trinajstić information content (AvgIpc) is 3.29. The van der Waals surface area contributed by atoms with E-state index in [9.17, 15) is 9.59 Å². The van der Waals surface area contributed by atoms with Crippen molar-refractivity contribution < 1.29 is 14.0 Å². The van der Waals surface area contributed by atoms with E-state index in [2.05, 4.69) is 24.3 Å². The molecule has 0 saturated heterocycles. The number of fused-ring (bicyclic) bond motifs is 1. The Bertz CT molecular complexity index is 736. The van der Waals surface area contributed by atoms with E-state index in [-0.39, 0.29) is 24.3 Å². The lowest BCUT2D eigenvalue weighted by Crippen LogP contribution is -2.42. The topological polar surface area (TPSA) is 80.4 Å². The Hall–Kier alpha value is -2.57. The van der Waals surface area contributed by atoms with Gasteiger partial charge in [-0.1, -0.05) is 13.8 Å². The van der Waals surface area contributed by atoms with Gasteiger partial charge in [0.1, 0.15) is 5.76 Å². The van der Waals surface area contributed by atoms with Crippen LogP contribution in [0.5, 0.6) is 0 Å². The van der Waals surface area contributed by atoms with E-state index < -0.39 is 0 Å². The molecule has 1 aliphatic rings. The lowest BCUT2D eigenvalue weighted by molar-refractivity contribution is -0.134. The van der Waals surface area contributed by atoms with E-state index in [1.165, 1.54) is 0 Å². The summed E-state index contributed by atoms with van der Waals surface area (Å²) in [4.78, 5) is 26.7. The third-order valence-electron chi connectivity index (χ3n) is 4.63. The fourth-order valence-corrected chi connectivity index (χ4v) is 3.18. The number of hydrogen-bond donors (Lipinski definition) is 1. The van der Waals surface area contributed by atoms with Crippen molar-refractivity contribution in [2.45, 2.75) is 52.2 Å². The van der Waals surface area contributed by atoms with E-state index in [1.807, 2.05) is 21.7 Å². The Labute approximate surface area is 153 Å². The minimum absolute atomic E-state index is 0.0793. The van der Waals surface area contributed by atoms with Crippen LogP contribution in [0.2, 0.25) is 0 Å². The number of carbonyl (C=O) groups excluding carboxylic acids is 2. The van der Waals surface area contributed by atoms with Gasteiger partial charge < -0.3 is 14.6 Å². The van der Waals surface area contributed by atoms with Crippen LogP contribution in [0.1, 0.15) is 50.6 Å². The molecule has 7 heteroatoms. The molecule has 1 unspecified atom stereocenters. The standard InChI is InChI=1S/C19H26N4O3/c1-14(2)5-6-19(25)22-12-15-7-8-21-23(15)16(13-22)10-18(24)20-11-17-4-3-9-26-17/h3-4,7-9,14,16H,5-6,10-13H2,1-2H3,(H,20,24). The fraction of sp³-hybridized carbons (Fsp3) is 0.526. The third kappa shape index (κ3) is 4.53. The van der Waals surface area contributed by atoms with E-state index in [0.29, 0.717) is 37.7 Å². The van der Waals surface area contributed by atoms with Crippen molar-refractivity contribution in [1.29, 1.82) is 0 Å². The summed E-state index contributed by atoms with van der Waals surface area (Å²) >= 11 is 0. The first-order valence-electron chi connectivity index (χ1n) is 9.12. The highest BCUT2D eigenvalue weighted by atomic mass is 16.3. The van der Waals surface area contributed by atoms with Gasteiger partial charge in [-0.25, -0.2) is 0 Å². The summed E-state index contributed by atoms with van der Waals surface area (Å²) in [6.07, 6.45) is 5.01. The molecule has 7 nitrogen and oxygen atoms in total. The fourth-order valence-electron chi connectivity index (χ4n) is 3.18. The van der Waals surface area contributed by atoms with Gasteiger partial charge in [-0.3, -0.25) is 14.3 Å². The van der Waals surface area contributed by atoms with Gasteiger partial charge in [0.05, 0.1) is 37.5 Å². The second kappa shape index (κ2) is 8.21. The van der Waals surface area contributed by atoms with Crippen molar-refractivity contribution in [2.75, 3.05) is 6.54 Å². The number of rotatable bonds is 7. The summed E-state index contributed by atoms with van der Waals surface area (Å²) < 4.78 is 7.10. The van der Waals surface area contributed by atoms with Crippen molar-refractivity contribution in [3.8, 4) is 0 Å². The number of aromatic nitrogens is 2. The first-order valence-corrected chi connectivity index (χ1v) is 9.12. The van der Waals surface area contributed by atoms with Gasteiger partial charge in [0.15, 0.2) is 0 Å². The zero-order valence-electron chi connectivity index (χ0n) is 15.4. The first-order chi connectivity index (χ1) is 12.5. The number of nitrogens with one attached hydrogen (secondary N) is 1. The second-order valence-corrected chi connectivity index (χ2v) is 7.19. The summed E-state index contributed by atoms with van der Waals surface area (Å²) in [5.74, 6) is 1.28. The summed E-state index contributed by atoms with van der Waals surface area (Å²) in [6.45, 7) is 5.66. The minimum Gasteiger partial charge on any atom is -0.467 e. The zero-order chi connectivity index (χ0) is 18.5. The smallest absolute Gasteiger partial charge is 0.223 e. The van der Waals surface area contributed by atoms with Crippen LogP contribution in [0.15, 0.2) is 35.1 Å². The molecule has 0 aliphatic carbocycles. The highest BCUT2D eigenvalue weighted by molar-refractivity contribution is 5.78. The lowest BCUT2D eigenvalue weighted by Gasteiger charge is -2.34. The number of nitrogens with zero attached hydrogens (tertiary/aromatic N) is 3. The second-order valence-electron chi connectivity index (χ2n) is 7.19. The number of carbonyl (C=O) groups is 2. The van der Waals surface area contributed by atoms with Crippen LogP contribution in [-0.2, 0) is 22.7 Å². The van der Waals surface area contributed by atoms with Crippen LogP contribution in [0.25, 0.3) is 0 Å². The van der Waals surface area contributed by atoms with Crippen molar-refractivity contribution in [3.05, 3.63) is 42.1 Å². The Morgan fingerprint density at radius 3 is 2.96 bits per heavy atom. The molecule has 1 N–H and O–H groups in total. The van der Waals surface area contributed by atoms with Crippen molar-refractivity contribution in [2.24, 2.45) is 5.92 Å². The molecule has 1 aliphatic heterocycles. The molecule has 140 valence electrons. The number of furan rings is 1. The largest absolute Gasteiger partial charge is 0.467 e. The van der Waals surface area contributed by atoms with E-state index in [1.54, 1.807) is 18.5 Å². The van der Waals surface area contributed by atoms with Gasteiger partial charge in [0.2, 0.25) is 11.8 Å². The summed E-state index contributed by atoms with van der Waals surface area (Å²) in [5.41, 5.74) is 0.970. The molecule has 3 rings (SSSR count). The van der Waals surface area contributed by atoms with Gasteiger partial charge in [-0.15, -0.1) is 0 Å². The summed E-state index contributed by atoms with van der Waals surface area (Å²) in [5, 5.41) is 7.21. The number of amides is 2. The molecule has 26 heavy (non-hydrogen) atoms. The molecule has 1 atom stereocenters. The molecule has 0 bridgehead atoms. The van der Waals surface area contributed by atoms with Crippen molar-refractivity contribution in [3.63, 3.8) is 0 Å². The van der Waals surface area contributed by atoms with Crippen LogP contribution < -0.4 is 5.32 Å². The first kappa shape index (κ1) is 18.2. The third-order valence-corrected chi connectivity index (χ3v) is 4.63. The van der Waals surface area contributed by atoms with Gasteiger partial charge in [0.25, 0.3) is 0 Å². The lowest BCUT2D eigenvalue weighted by atomic mass is 10.1. The van der Waals surface area contributed by atoms with Crippen molar-refractivity contribution in [1.82, 2.24) is 20.0 Å². The predicted octanol–water partition coefficient (Wildman–Crippen LogP) is 2.50. The Morgan fingerprint density at radius 2 is 2.23 bits per heavy atom. The molecular formula is C19H26N4O3. The van der Waals surface area contributed by atoms with E-state index >= 15 is 0 Å². The van der Waals surface area contributed by atoms with Gasteiger partial charge >= 0.3 is 0 Å². The molecule has 0 saturated carbocycles. The molecule has 2 aromatic heterocycles. The molecular weight excluding hydrogens is 332 g/mol. The maximum Gasteiger partial charge on any atom is 0.223 e. The highest BCUT2D eigenvalue weighted by Crippen LogP contribution is 2.24. The monoisotopic (exact) mass is 358 g/mol. The average molecular weight is 358 g/mol. The van der Waals surface area contributed by atoms with Crippen molar-refractivity contribution >= 4 is 11.8 Å². The molecule has 2 aromatic rings. The molecule has 3 heterocycles. The van der Waals surface area contributed by atoms with Gasteiger partial charge in [-0.05, 0) is 30.5 Å². The molecule has 0 aromatic carbocycles. The quantitative estimate of drug-likeness (QED) is 0.825. The minimum atomic E-state index is -0.145. The Morgan fingerprint density at radius 1 is 1.38 bits per heavy atom. The van der Waals surface area contributed by atoms with E-state index in [4.69, 9.17) is 4.42 Å². The Balaban J connectivity index is 1.60.